The van der Waals surface area contributed by atoms with Gasteiger partial charge in [0.2, 0.25) is 11.8 Å². The predicted molar refractivity (Wildman–Crippen MR) is 63.4 cm³/mol. The second-order valence-corrected chi connectivity index (χ2v) is 4.31. The normalized spacial score (nSPS) is 24.4. The number of aromatic nitrogens is 2. The quantitative estimate of drug-likeness (QED) is 0.813. The molecule has 5 heteroatoms. The summed E-state index contributed by atoms with van der Waals surface area (Å²) in [5, 5.41) is 3.40. The number of nitrogens with two attached hydrogens (primary N) is 1. The fourth-order valence-electron chi connectivity index (χ4n) is 2.17. The average molecular weight is 222 g/mol. The minimum Gasteiger partial charge on any atom is -0.481 e. The molecule has 1 heterocycles. The van der Waals surface area contributed by atoms with Gasteiger partial charge in [-0.05, 0) is 18.8 Å². The highest BCUT2D eigenvalue weighted by Gasteiger charge is 2.23. The van der Waals surface area contributed by atoms with Crippen molar-refractivity contribution < 1.29 is 4.74 Å². The molecule has 1 aliphatic rings. The van der Waals surface area contributed by atoms with Gasteiger partial charge < -0.3 is 15.8 Å². The molecule has 0 spiro atoms. The molecule has 5 nitrogen and oxygen atoms in total. The van der Waals surface area contributed by atoms with Crippen LogP contribution in [-0.4, -0.2) is 23.1 Å². The van der Waals surface area contributed by atoms with Crippen LogP contribution in [0.2, 0.25) is 0 Å². The molecule has 1 aromatic rings. The Morgan fingerprint density at radius 2 is 2.25 bits per heavy atom. The lowest BCUT2D eigenvalue weighted by molar-refractivity contribution is 0.398. The molecule has 2 unspecified atom stereocenters. The summed E-state index contributed by atoms with van der Waals surface area (Å²) in [7, 11) is 1.57. The number of hydrogen-bond acceptors (Lipinski definition) is 5. The first-order chi connectivity index (χ1) is 7.69. The van der Waals surface area contributed by atoms with Crippen LogP contribution in [0.4, 0.5) is 11.8 Å². The van der Waals surface area contributed by atoms with Gasteiger partial charge in [0.05, 0.1) is 7.11 Å². The number of nitrogen functional groups attached to an aromatic ring is 1. The topological polar surface area (TPSA) is 73.1 Å². The van der Waals surface area contributed by atoms with Gasteiger partial charge in [-0.1, -0.05) is 13.3 Å². The first kappa shape index (κ1) is 11.0. The summed E-state index contributed by atoms with van der Waals surface area (Å²) < 4.78 is 5.06. The van der Waals surface area contributed by atoms with Crippen LogP contribution in [0.3, 0.4) is 0 Å². The van der Waals surface area contributed by atoms with E-state index >= 15 is 0 Å². The monoisotopic (exact) mass is 222 g/mol. The molecule has 2 atom stereocenters. The van der Waals surface area contributed by atoms with Crippen molar-refractivity contribution in [1.82, 2.24) is 9.97 Å². The molecule has 1 saturated carbocycles. The summed E-state index contributed by atoms with van der Waals surface area (Å²) in [4.78, 5) is 8.11. The van der Waals surface area contributed by atoms with Gasteiger partial charge >= 0.3 is 0 Å². The van der Waals surface area contributed by atoms with Crippen molar-refractivity contribution in [3.05, 3.63) is 6.07 Å². The van der Waals surface area contributed by atoms with Crippen LogP contribution in [0, 0.1) is 5.92 Å². The van der Waals surface area contributed by atoms with Gasteiger partial charge in [-0.3, -0.25) is 0 Å². The van der Waals surface area contributed by atoms with E-state index in [4.69, 9.17) is 10.5 Å². The van der Waals surface area contributed by atoms with Crippen molar-refractivity contribution in [3.8, 4) is 5.88 Å². The summed E-state index contributed by atoms with van der Waals surface area (Å²) >= 11 is 0. The largest absolute Gasteiger partial charge is 0.481 e. The van der Waals surface area contributed by atoms with E-state index < -0.39 is 0 Å². The van der Waals surface area contributed by atoms with Crippen LogP contribution < -0.4 is 15.8 Å². The van der Waals surface area contributed by atoms with Gasteiger partial charge in [-0.25, -0.2) is 0 Å². The first-order valence-corrected chi connectivity index (χ1v) is 5.64. The smallest absolute Gasteiger partial charge is 0.225 e. The van der Waals surface area contributed by atoms with Gasteiger partial charge in [-0.15, -0.1) is 0 Å². The van der Waals surface area contributed by atoms with Crippen LogP contribution in [-0.2, 0) is 0 Å². The molecule has 88 valence electrons. The van der Waals surface area contributed by atoms with E-state index in [1.165, 1.54) is 19.3 Å². The Kier molecular flexibility index (Phi) is 3.12. The van der Waals surface area contributed by atoms with Crippen LogP contribution in [0.1, 0.15) is 26.2 Å². The summed E-state index contributed by atoms with van der Waals surface area (Å²) in [5.41, 5.74) is 5.60. The third-order valence-corrected chi connectivity index (χ3v) is 3.12. The molecule has 1 fully saturated rings. The van der Waals surface area contributed by atoms with Crippen molar-refractivity contribution in [3.63, 3.8) is 0 Å². The van der Waals surface area contributed by atoms with E-state index in [0.29, 0.717) is 17.8 Å². The maximum Gasteiger partial charge on any atom is 0.225 e. The molecule has 1 aromatic heterocycles. The standard InChI is InChI=1S/C11H18N4O/c1-7-4-3-5-8(7)13-9-6-10(16-2)15-11(12)14-9/h6-8H,3-5H2,1-2H3,(H3,12,13,14,15). The zero-order valence-electron chi connectivity index (χ0n) is 9.73. The highest BCUT2D eigenvalue weighted by Crippen LogP contribution is 2.28. The molecule has 0 amide bonds. The third kappa shape index (κ3) is 2.35. The van der Waals surface area contributed by atoms with E-state index in [-0.39, 0.29) is 5.95 Å². The number of methoxy groups -OCH3 is 1. The van der Waals surface area contributed by atoms with Gasteiger partial charge in [0.25, 0.3) is 0 Å². The Morgan fingerprint density at radius 1 is 1.44 bits per heavy atom. The summed E-state index contributed by atoms with van der Waals surface area (Å²) in [6.45, 7) is 2.26. The lowest BCUT2D eigenvalue weighted by Crippen LogP contribution is -2.22. The summed E-state index contributed by atoms with van der Waals surface area (Å²) in [6, 6.07) is 2.26. The molecule has 0 saturated heterocycles. The fourth-order valence-corrected chi connectivity index (χ4v) is 2.17. The first-order valence-electron chi connectivity index (χ1n) is 5.64. The number of rotatable bonds is 3. The van der Waals surface area contributed by atoms with E-state index in [0.717, 1.165) is 5.82 Å². The van der Waals surface area contributed by atoms with Crippen molar-refractivity contribution in [2.24, 2.45) is 5.92 Å². The molecule has 3 N–H and O–H groups in total. The molecular weight excluding hydrogens is 204 g/mol. The highest BCUT2D eigenvalue weighted by atomic mass is 16.5. The summed E-state index contributed by atoms with van der Waals surface area (Å²) in [5.74, 6) is 2.18. The van der Waals surface area contributed by atoms with Crippen LogP contribution in [0.15, 0.2) is 6.07 Å². The van der Waals surface area contributed by atoms with E-state index in [1.807, 2.05) is 0 Å². The Hall–Kier alpha value is -1.52. The van der Waals surface area contributed by atoms with Gasteiger partial charge in [0.15, 0.2) is 0 Å². The molecule has 0 bridgehead atoms. The molecular formula is C11H18N4O. The molecule has 0 aliphatic heterocycles. The lowest BCUT2D eigenvalue weighted by atomic mass is 10.1. The second kappa shape index (κ2) is 4.55. The van der Waals surface area contributed by atoms with E-state index in [9.17, 15) is 0 Å². The summed E-state index contributed by atoms with van der Waals surface area (Å²) in [6.07, 6.45) is 3.74. The van der Waals surface area contributed by atoms with Crippen LogP contribution >= 0.6 is 0 Å². The number of nitrogens with zero attached hydrogens (tertiary/aromatic N) is 2. The van der Waals surface area contributed by atoms with E-state index in [1.54, 1.807) is 13.2 Å². The molecule has 1 aliphatic carbocycles. The van der Waals surface area contributed by atoms with Crippen molar-refractivity contribution >= 4 is 11.8 Å². The zero-order valence-corrected chi connectivity index (χ0v) is 9.73. The van der Waals surface area contributed by atoms with Gasteiger partial charge in [0, 0.05) is 12.1 Å². The molecule has 2 rings (SSSR count). The maximum atomic E-state index is 5.60. The van der Waals surface area contributed by atoms with Crippen molar-refractivity contribution in [2.45, 2.75) is 32.2 Å². The second-order valence-electron chi connectivity index (χ2n) is 4.31. The number of anilines is 2. The van der Waals surface area contributed by atoms with Crippen molar-refractivity contribution in [1.29, 1.82) is 0 Å². The highest BCUT2D eigenvalue weighted by molar-refractivity contribution is 5.43. The molecule has 16 heavy (non-hydrogen) atoms. The Morgan fingerprint density at radius 3 is 2.88 bits per heavy atom. The number of ether oxygens (including phenoxy) is 1. The van der Waals surface area contributed by atoms with Gasteiger partial charge in [0.1, 0.15) is 5.82 Å². The molecule has 0 radical (unpaired) electrons. The Bertz CT molecular complexity index is 369. The zero-order chi connectivity index (χ0) is 11.5. The number of hydrogen-bond donors (Lipinski definition) is 2. The Labute approximate surface area is 95.4 Å². The fraction of sp³-hybridized carbons (Fsp3) is 0.636. The van der Waals surface area contributed by atoms with E-state index in [2.05, 4.69) is 22.2 Å². The Balaban J connectivity index is 2.11. The SMILES string of the molecule is COc1cc(NC2CCCC2C)nc(N)n1. The predicted octanol–water partition coefficient (Wildman–Crippen LogP) is 1.67. The molecule has 0 aromatic carbocycles. The number of nitrogens with one attached hydrogen (secondary N) is 1. The maximum absolute atomic E-state index is 5.60. The minimum atomic E-state index is 0.243. The average Bonchev–Trinajstić information content (AvgIpc) is 2.63. The minimum absolute atomic E-state index is 0.243. The third-order valence-electron chi connectivity index (χ3n) is 3.12. The van der Waals surface area contributed by atoms with Gasteiger partial charge in [-0.2, -0.15) is 9.97 Å². The van der Waals surface area contributed by atoms with Crippen LogP contribution in [0.25, 0.3) is 0 Å². The lowest BCUT2D eigenvalue weighted by Gasteiger charge is -2.18. The van der Waals surface area contributed by atoms with Crippen LogP contribution in [0.5, 0.6) is 5.88 Å². The van der Waals surface area contributed by atoms with Crippen molar-refractivity contribution in [2.75, 3.05) is 18.2 Å².